The SMILES string of the molecule is c1ccn2c(-c3noc([C@H]4CCn5c(cnc5C5CCCCC5)C4)n3)cnc2c1. The Morgan fingerprint density at radius 2 is 1.90 bits per heavy atom. The monoisotopic (exact) mass is 388 g/mol. The molecule has 0 radical (unpaired) electrons. The highest BCUT2D eigenvalue weighted by molar-refractivity contribution is 5.56. The van der Waals surface area contributed by atoms with Gasteiger partial charge in [0.15, 0.2) is 0 Å². The number of pyridine rings is 1. The van der Waals surface area contributed by atoms with Crippen LogP contribution in [0.3, 0.4) is 0 Å². The van der Waals surface area contributed by atoms with Crippen molar-refractivity contribution in [3.05, 3.63) is 54.2 Å². The molecule has 4 aromatic heterocycles. The van der Waals surface area contributed by atoms with Crippen LogP contribution in [-0.4, -0.2) is 29.1 Å². The fraction of sp³-hybridized carbons (Fsp3) is 0.455. The number of hydrogen-bond donors (Lipinski definition) is 0. The lowest BCUT2D eigenvalue weighted by Crippen LogP contribution is -2.21. The average Bonchev–Trinajstić information content (AvgIpc) is 3.51. The first-order chi connectivity index (χ1) is 14.4. The molecule has 0 spiro atoms. The van der Waals surface area contributed by atoms with Crippen molar-refractivity contribution >= 4 is 5.65 Å². The molecule has 1 aliphatic heterocycles. The second-order valence-corrected chi connectivity index (χ2v) is 8.31. The predicted octanol–water partition coefficient (Wildman–Crippen LogP) is 4.36. The summed E-state index contributed by atoms with van der Waals surface area (Å²) in [5, 5.41) is 4.25. The standard InChI is InChI=1S/C22H24N6O/c1-2-6-15(7-3-1)21-24-13-17-12-16(9-11-27(17)21)22-25-20(26-29-22)18-14-23-19-8-4-5-10-28(18)19/h4-5,8,10,13-16H,1-3,6-7,9,11-12H2/t16-/m0/s1. The van der Waals surface area contributed by atoms with Crippen LogP contribution in [0.4, 0.5) is 0 Å². The zero-order chi connectivity index (χ0) is 19.2. The number of nitrogens with zero attached hydrogens (tertiary/aromatic N) is 6. The molecule has 4 aromatic rings. The fourth-order valence-corrected chi connectivity index (χ4v) is 4.99. The van der Waals surface area contributed by atoms with Crippen LogP contribution in [0.5, 0.6) is 0 Å². The third kappa shape index (κ3) is 2.87. The second-order valence-electron chi connectivity index (χ2n) is 8.31. The summed E-state index contributed by atoms with van der Waals surface area (Å²) in [5.41, 5.74) is 3.04. The maximum atomic E-state index is 5.68. The van der Waals surface area contributed by atoms with Crippen LogP contribution in [-0.2, 0) is 13.0 Å². The number of aromatic nitrogens is 6. The maximum absolute atomic E-state index is 5.68. The Morgan fingerprint density at radius 1 is 0.966 bits per heavy atom. The van der Waals surface area contributed by atoms with Gasteiger partial charge in [-0.1, -0.05) is 30.5 Å². The Kier molecular flexibility index (Phi) is 3.99. The van der Waals surface area contributed by atoms with Crippen LogP contribution in [0.25, 0.3) is 17.2 Å². The van der Waals surface area contributed by atoms with Gasteiger partial charge in [-0.2, -0.15) is 4.98 Å². The van der Waals surface area contributed by atoms with E-state index in [1.165, 1.54) is 43.6 Å². The molecular formula is C22H24N6O. The van der Waals surface area contributed by atoms with Gasteiger partial charge in [-0.05, 0) is 31.4 Å². The Morgan fingerprint density at radius 3 is 2.83 bits per heavy atom. The molecule has 0 amide bonds. The van der Waals surface area contributed by atoms with Gasteiger partial charge >= 0.3 is 0 Å². The Hall–Kier alpha value is -2.96. The molecule has 7 nitrogen and oxygen atoms in total. The molecule has 148 valence electrons. The van der Waals surface area contributed by atoms with E-state index in [9.17, 15) is 0 Å². The van der Waals surface area contributed by atoms with Gasteiger partial charge < -0.3 is 9.09 Å². The van der Waals surface area contributed by atoms with Crippen LogP contribution in [0, 0.1) is 0 Å². The number of rotatable bonds is 3. The van der Waals surface area contributed by atoms with E-state index >= 15 is 0 Å². The summed E-state index contributed by atoms with van der Waals surface area (Å²) < 4.78 is 10.1. The van der Waals surface area contributed by atoms with E-state index in [2.05, 4.69) is 20.9 Å². The zero-order valence-electron chi connectivity index (χ0n) is 16.4. The van der Waals surface area contributed by atoms with Gasteiger partial charge in [-0.15, -0.1) is 0 Å². The van der Waals surface area contributed by atoms with Crippen molar-refractivity contribution in [2.45, 2.75) is 63.3 Å². The Labute approximate surface area is 168 Å². The Bertz CT molecular complexity index is 1150. The van der Waals surface area contributed by atoms with Gasteiger partial charge in [0.2, 0.25) is 11.7 Å². The second kappa shape index (κ2) is 6.83. The van der Waals surface area contributed by atoms with Gasteiger partial charge in [-0.25, -0.2) is 9.97 Å². The predicted molar refractivity (Wildman–Crippen MR) is 108 cm³/mol. The highest BCUT2D eigenvalue weighted by Gasteiger charge is 2.29. The first kappa shape index (κ1) is 16.9. The topological polar surface area (TPSA) is 74.0 Å². The molecule has 1 aliphatic carbocycles. The van der Waals surface area contributed by atoms with Crippen molar-refractivity contribution < 1.29 is 4.52 Å². The van der Waals surface area contributed by atoms with E-state index in [0.29, 0.717) is 11.7 Å². The van der Waals surface area contributed by atoms with Crippen LogP contribution < -0.4 is 0 Å². The van der Waals surface area contributed by atoms with Crippen LogP contribution >= 0.6 is 0 Å². The molecule has 2 aliphatic rings. The number of hydrogen-bond acceptors (Lipinski definition) is 5. The fourth-order valence-electron chi connectivity index (χ4n) is 4.99. The molecule has 0 N–H and O–H groups in total. The highest BCUT2D eigenvalue weighted by Crippen LogP contribution is 2.36. The lowest BCUT2D eigenvalue weighted by atomic mass is 9.88. The average molecular weight is 388 g/mol. The summed E-state index contributed by atoms with van der Waals surface area (Å²) in [7, 11) is 0. The molecule has 0 aromatic carbocycles. The van der Waals surface area contributed by atoms with Crippen molar-refractivity contribution in [1.29, 1.82) is 0 Å². The smallest absolute Gasteiger partial charge is 0.230 e. The molecular weight excluding hydrogens is 364 g/mol. The van der Waals surface area contributed by atoms with Crippen molar-refractivity contribution in [3.63, 3.8) is 0 Å². The van der Waals surface area contributed by atoms with Crippen molar-refractivity contribution in [3.8, 4) is 11.5 Å². The summed E-state index contributed by atoms with van der Waals surface area (Å²) >= 11 is 0. The van der Waals surface area contributed by atoms with Gasteiger partial charge in [-0.3, -0.25) is 4.40 Å². The lowest BCUT2D eigenvalue weighted by Gasteiger charge is -2.26. The summed E-state index contributed by atoms with van der Waals surface area (Å²) in [5.74, 6) is 3.51. The minimum atomic E-state index is 0.249. The largest absolute Gasteiger partial charge is 0.339 e. The molecule has 0 saturated heterocycles. The van der Waals surface area contributed by atoms with E-state index < -0.39 is 0 Å². The summed E-state index contributed by atoms with van der Waals surface area (Å²) in [4.78, 5) is 14.0. The summed E-state index contributed by atoms with van der Waals surface area (Å²) in [6.07, 6.45) is 14.4. The van der Waals surface area contributed by atoms with Gasteiger partial charge in [0.1, 0.15) is 17.2 Å². The first-order valence-electron chi connectivity index (χ1n) is 10.7. The number of imidazole rings is 2. The van der Waals surface area contributed by atoms with Gasteiger partial charge in [0.25, 0.3) is 0 Å². The normalized spacial score (nSPS) is 20.2. The molecule has 29 heavy (non-hydrogen) atoms. The minimum absolute atomic E-state index is 0.249. The van der Waals surface area contributed by atoms with Crippen molar-refractivity contribution in [1.82, 2.24) is 29.1 Å². The summed E-state index contributed by atoms with van der Waals surface area (Å²) in [6.45, 7) is 0.985. The van der Waals surface area contributed by atoms with E-state index in [4.69, 9.17) is 14.5 Å². The highest BCUT2D eigenvalue weighted by atomic mass is 16.5. The molecule has 1 atom stereocenters. The first-order valence-corrected chi connectivity index (χ1v) is 10.7. The van der Waals surface area contributed by atoms with E-state index in [1.54, 1.807) is 6.20 Å². The zero-order valence-corrected chi connectivity index (χ0v) is 16.4. The number of fused-ring (bicyclic) bond motifs is 2. The Balaban J connectivity index is 1.25. The molecule has 5 heterocycles. The van der Waals surface area contributed by atoms with E-state index in [-0.39, 0.29) is 5.92 Å². The van der Waals surface area contributed by atoms with Gasteiger partial charge in [0, 0.05) is 42.9 Å². The van der Waals surface area contributed by atoms with E-state index in [0.717, 1.165) is 36.6 Å². The molecule has 0 unspecified atom stereocenters. The summed E-state index contributed by atoms with van der Waals surface area (Å²) in [6, 6.07) is 5.92. The van der Waals surface area contributed by atoms with Crippen molar-refractivity contribution in [2.75, 3.05) is 0 Å². The van der Waals surface area contributed by atoms with Crippen LogP contribution in [0.15, 0.2) is 41.3 Å². The molecule has 6 rings (SSSR count). The molecule has 1 saturated carbocycles. The van der Waals surface area contributed by atoms with Crippen molar-refractivity contribution in [2.24, 2.45) is 0 Å². The molecule has 0 bridgehead atoms. The van der Waals surface area contributed by atoms with Crippen LogP contribution in [0.2, 0.25) is 0 Å². The molecule has 1 fully saturated rings. The molecule has 7 heteroatoms. The minimum Gasteiger partial charge on any atom is -0.339 e. The van der Waals surface area contributed by atoms with E-state index in [1.807, 2.05) is 28.8 Å². The third-order valence-corrected chi connectivity index (χ3v) is 6.53. The quantitative estimate of drug-likeness (QED) is 0.521. The van der Waals surface area contributed by atoms with Gasteiger partial charge in [0.05, 0.1) is 6.20 Å². The lowest BCUT2D eigenvalue weighted by molar-refractivity contribution is 0.320. The maximum Gasteiger partial charge on any atom is 0.230 e. The third-order valence-electron chi connectivity index (χ3n) is 6.53. The van der Waals surface area contributed by atoms with Crippen LogP contribution in [0.1, 0.15) is 67.8 Å².